The highest BCUT2D eigenvalue weighted by atomic mass is 32.2. The van der Waals surface area contributed by atoms with Crippen molar-refractivity contribution in [3.8, 4) is 0 Å². The number of carbonyl (C=O) groups is 1. The van der Waals surface area contributed by atoms with Gasteiger partial charge in [0, 0.05) is 13.1 Å². The highest BCUT2D eigenvalue weighted by Gasteiger charge is 2.39. The van der Waals surface area contributed by atoms with Crippen LogP contribution in [0.3, 0.4) is 0 Å². The molecule has 1 unspecified atom stereocenters. The molecule has 1 saturated heterocycles. The molecule has 0 aromatic heterocycles. The maximum absolute atomic E-state index is 13.6. The Balaban J connectivity index is 1.74. The smallest absolute Gasteiger partial charge is 0.317 e. The highest BCUT2D eigenvalue weighted by molar-refractivity contribution is 7.92. The molecule has 0 spiro atoms. The molecule has 7 heteroatoms. The minimum absolute atomic E-state index is 0.0167. The predicted octanol–water partition coefficient (Wildman–Crippen LogP) is 3.19. The first-order chi connectivity index (χ1) is 12.1. The molecule has 26 heavy (non-hydrogen) atoms. The summed E-state index contributed by atoms with van der Waals surface area (Å²) in [5.41, 5.74) is 1.47. The van der Waals surface area contributed by atoms with Crippen molar-refractivity contribution in [2.75, 3.05) is 18.8 Å². The van der Waals surface area contributed by atoms with Gasteiger partial charge in [-0.1, -0.05) is 12.1 Å². The summed E-state index contributed by atoms with van der Waals surface area (Å²) in [5, 5.41) is 3.06. The molecule has 2 fully saturated rings. The van der Waals surface area contributed by atoms with Crippen molar-refractivity contribution in [3.05, 3.63) is 35.1 Å². The number of halogens is 1. The Labute approximate surface area is 154 Å². The minimum Gasteiger partial charge on any atom is -0.331 e. The molecular formula is C19H27FN2O3S. The third-order valence-corrected chi connectivity index (χ3v) is 8.26. The number of sulfone groups is 1. The second-order valence-corrected chi connectivity index (χ2v) is 10.8. The molecule has 1 aliphatic heterocycles. The number of amides is 2. The van der Waals surface area contributed by atoms with E-state index in [-0.39, 0.29) is 30.2 Å². The first-order valence-corrected chi connectivity index (χ1v) is 10.8. The summed E-state index contributed by atoms with van der Waals surface area (Å²) >= 11 is 0. The molecule has 1 saturated carbocycles. The molecule has 1 atom stereocenters. The van der Waals surface area contributed by atoms with Crippen molar-refractivity contribution >= 4 is 15.9 Å². The van der Waals surface area contributed by atoms with Crippen molar-refractivity contribution in [2.24, 2.45) is 5.92 Å². The molecular weight excluding hydrogens is 355 g/mol. The molecule has 3 rings (SSSR count). The van der Waals surface area contributed by atoms with E-state index < -0.39 is 14.6 Å². The van der Waals surface area contributed by atoms with Crippen molar-refractivity contribution in [3.63, 3.8) is 0 Å². The lowest BCUT2D eigenvalue weighted by Gasteiger charge is -2.26. The number of nitrogens with zero attached hydrogens (tertiary/aromatic N) is 1. The zero-order valence-corrected chi connectivity index (χ0v) is 16.4. The lowest BCUT2D eigenvalue weighted by Crippen LogP contribution is -2.43. The van der Waals surface area contributed by atoms with E-state index in [0.29, 0.717) is 24.4 Å². The van der Waals surface area contributed by atoms with Crippen LogP contribution < -0.4 is 5.32 Å². The van der Waals surface area contributed by atoms with Crippen LogP contribution in [0.5, 0.6) is 0 Å². The molecule has 1 aromatic rings. The Bertz CT molecular complexity index is 803. The number of hydrogen-bond acceptors (Lipinski definition) is 3. The van der Waals surface area contributed by atoms with Crippen LogP contribution in [-0.4, -0.2) is 42.9 Å². The van der Waals surface area contributed by atoms with E-state index in [1.807, 2.05) is 0 Å². The number of carbonyl (C=O) groups excluding carboxylic acids is 1. The average Bonchev–Trinajstić information content (AvgIpc) is 3.39. The monoisotopic (exact) mass is 382 g/mol. The quantitative estimate of drug-likeness (QED) is 0.873. The standard InChI is InChI=1S/C19H27FN2O3S/c1-13-12-15(6-7-16(13)20)17(14-4-5-14)21-18(23)22-9-8-19(2,3)26(24,25)11-10-22/h6-7,12,14,17H,4-5,8-11H2,1-3H3,(H,21,23). The molecule has 2 amide bonds. The third kappa shape index (κ3) is 3.87. The Morgan fingerprint density at radius 3 is 2.62 bits per heavy atom. The minimum atomic E-state index is -3.22. The van der Waals surface area contributed by atoms with Gasteiger partial charge in [-0.05, 0) is 63.1 Å². The van der Waals surface area contributed by atoms with E-state index in [2.05, 4.69) is 5.32 Å². The van der Waals surface area contributed by atoms with Gasteiger partial charge in [0.1, 0.15) is 5.82 Å². The second kappa shape index (κ2) is 6.83. The van der Waals surface area contributed by atoms with Gasteiger partial charge in [0.15, 0.2) is 9.84 Å². The van der Waals surface area contributed by atoms with E-state index in [4.69, 9.17) is 0 Å². The normalized spacial score (nSPS) is 23.2. The van der Waals surface area contributed by atoms with Gasteiger partial charge in [0.25, 0.3) is 0 Å². The molecule has 1 heterocycles. The SMILES string of the molecule is Cc1cc(C(NC(=O)N2CCC(C)(C)S(=O)(=O)CC2)C2CC2)ccc1F. The molecule has 2 aliphatic rings. The van der Waals surface area contributed by atoms with Crippen LogP contribution in [0.15, 0.2) is 18.2 Å². The van der Waals surface area contributed by atoms with E-state index in [1.165, 1.54) is 6.07 Å². The van der Waals surface area contributed by atoms with Crippen LogP contribution in [0.2, 0.25) is 0 Å². The largest absolute Gasteiger partial charge is 0.331 e. The van der Waals surface area contributed by atoms with E-state index in [0.717, 1.165) is 18.4 Å². The summed E-state index contributed by atoms with van der Waals surface area (Å²) < 4.78 is 37.4. The van der Waals surface area contributed by atoms with E-state index in [1.54, 1.807) is 37.8 Å². The van der Waals surface area contributed by atoms with Gasteiger partial charge in [-0.25, -0.2) is 17.6 Å². The maximum atomic E-state index is 13.6. The first-order valence-electron chi connectivity index (χ1n) is 9.14. The topological polar surface area (TPSA) is 66.5 Å². The Kier molecular flexibility index (Phi) is 5.03. The van der Waals surface area contributed by atoms with E-state index >= 15 is 0 Å². The average molecular weight is 383 g/mol. The second-order valence-electron chi connectivity index (χ2n) is 8.09. The fourth-order valence-corrected chi connectivity index (χ4v) is 4.79. The third-order valence-electron chi connectivity index (χ3n) is 5.66. The van der Waals surface area contributed by atoms with Crippen molar-refractivity contribution in [2.45, 2.75) is 50.8 Å². The number of aryl methyl sites for hydroxylation is 1. The van der Waals surface area contributed by atoms with Crippen molar-refractivity contribution < 1.29 is 17.6 Å². The number of hydrogen-bond donors (Lipinski definition) is 1. The highest BCUT2D eigenvalue weighted by Crippen LogP contribution is 2.41. The number of rotatable bonds is 3. The summed E-state index contributed by atoms with van der Waals surface area (Å²) in [4.78, 5) is 14.4. The zero-order valence-electron chi connectivity index (χ0n) is 15.6. The summed E-state index contributed by atoms with van der Waals surface area (Å²) in [7, 11) is -3.22. The molecule has 0 radical (unpaired) electrons. The molecule has 1 aromatic carbocycles. The van der Waals surface area contributed by atoms with Gasteiger partial charge in [-0.3, -0.25) is 0 Å². The lowest BCUT2D eigenvalue weighted by atomic mass is 10.0. The summed E-state index contributed by atoms with van der Waals surface area (Å²) in [6, 6.07) is 4.55. The Morgan fingerprint density at radius 2 is 2.00 bits per heavy atom. The van der Waals surface area contributed by atoms with Crippen LogP contribution in [0, 0.1) is 18.7 Å². The van der Waals surface area contributed by atoms with Crippen LogP contribution in [0.1, 0.15) is 50.3 Å². The summed E-state index contributed by atoms with van der Waals surface area (Å²) in [6.45, 7) is 5.78. The number of benzene rings is 1. The Hall–Kier alpha value is -1.63. The molecule has 1 aliphatic carbocycles. The van der Waals surface area contributed by atoms with Crippen LogP contribution in [0.4, 0.5) is 9.18 Å². The van der Waals surface area contributed by atoms with Gasteiger partial charge in [0.2, 0.25) is 0 Å². The molecule has 144 valence electrons. The van der Waals surface area contributed by atoms with Crippen LogP contribution in [-0.2, 0) is 9.84 Å². The van der Waals surface area contributed by atoms with Gasteiger partial charge < -0.3 is 10.2 Å². The summed E-state index contributed by atoms with van der Waals surface area (Å²) in [5.74, 6) is 0.0857. The maximum Gasteiger partial charge on any atom is 0.317 e. The fourth-order valence-electron chi connectivity index (χ4n) is 3.37. The predicted molar refractivity (Wildman–Crippen MR) is 99.2 cm³/mol. The fraction of sp³-hybridized carbons (Fsp3) is 0.632. The number of nitrogens with one attached hydrogen (secondary N) is 1. The molecule has 0 bridgehead atoms. The van der Waals surface area contributed by atoms with Crippen molar-refractivity contribution in [1.29, 1.82) is 0 Å². The first kappa shape index (κ1) is 19.1. The van der Waals surface area contributed by atoms with Gasteiger partial charge in [-0.15, -0.1) is 0 Å². The zero-order chi connectivity index (χ0) is 19.1. The van der Waals surface area contributed by atoms with Crippen LogP contribution >= 0.6 is 0 Å². The van der Waals surface area contributed by atoms with Gasteiger partial charge in [-0.2, -0.15) is 0 Å². The van der Waals surface area contributed by atoms with Gasteiger partial charge in [0.05, 0.1) is 16.5 Å². The molecule has 1 N–H and O–H groups in total. The number of urea groups is 1. The van der Waals surface area contributed by atoms with Crippen molar-refractivity contribution in [1.82, 2.24) is 10.2 Å². The lowest BCUT2D eigenvalue weighted by molar-refractivity contribution is 0.194. The van der Waals surface area contributed by atoms with Crippen LogP contribution in [0.25, 0.3) is 0 Å². The van der Waals surface area contributed by atoms with Gasteiger partial charge >= 0.3 is 6.03 Å². The molecule has 5 nitrogen and oxygen atoms in total. The van der Waals surface area contributed by atoms with E-state index in [9.17, 15) is 17.6 Å². The summed E-state index contributed by atoms with van der Waals surface area (Å²) in [6.07, 6.45) is 2.48. The Morgan fingerprint density at radius 1 is 1.31 bits per heavy atom.